The monoisotopic (exact) mass is 376 g/mol. The van der Waals surface area contributed by atoms with Crippen LogP contribution in [0.1, 0.15) is 51.2 Å². The van der Waals surface area contributed by atoms with E-state index in [2.05, 4.69) is 32.9 Å². The zero-order valence-electron chi connectivity index (χ0n) is 17.0. The van der Waals surface area contributed by atoms with Gasteiger partial charge in [-0.3, -0.25) is 0 Å². The summed E-state index contributed by atoms with van der Waals surface area (Å²) >= 11 is 0. The molecule has 3 aromatic carbocycles. The number of hydrogen-bond donors (Lipinski definition) is 2. The summed E-state index contributed by atoms with van der Waals surface area (Å²) in [6.45, 7) is 6.36. The third-order valence-corrected chi connectivity index (χ3v) is 6.56. The van der Waals surface area contributed by atoms with E-state index in [9.17, 15) is 10.2 Å². The third-order valence-electron chi connectivity index (χ3n) is 6.56. The van der Waals surface area contributed by atoms with E-state index < -0.39 is 11.0 Å². The van der Waals surface area contributed by atoms with Crippen LogP contribution in [0.2, 0.25) is 0 Å². The lowest BCUT2D eigenvalue weighted by atomic mass is 9.58. The molecule has 1 aliphatic rings. The summed E-state index contributed by atoms with van der Waals surface area (Å²) in [7, 11) is 1.62. The van der Waals surface area contributed by atoms with Crippen LogP contribution in [0.25, 0.3) is 21.9 Å². The molecule has 0 heterocycles. The summed E-state index contributed by atoms with van der Waals surface area (Å²) in [6.07, 6.45) is 2.58. The topological polar surface area (TPSA) is 49.7 Å². The van der Waals surface area contributed by atoms with Crippen LogP contribution >= 0.6 is 0 Å². The van der Waals surface area contributed by atoms with Crippen molar-refractivity contribution >= 4 is 10.8 Å². The lowest BCUT2D eigenvalue weighted by Crippen LogP contribution is -2.48. The molecule has 2 N–H and O–H groups in total. The van der Waals surface area contributed by atoms with Crippen LogP contribution in [0, 0.1) is 0 Å². The molecule has 3 nitrogen and oxygen atoms in total. The van der Waals surface area contributed by atoms with Gasteiger partial charge in [0.1, 0.15) is 11.5 Å². The molecule has 1 atom stereocenters. The van der Waals surface area contributed by atoms with Gasteiger partial charge in [0.25, 0.3) is 0 Å². The molecule has 3 aromatic rings. The van der Waals surface area contributed by atoms with Gasteiger partial charge in [-0.25, -0.2) is 0 Å². The lowest BCUT2D eigenvalue weighted by Gasteiger charge is -2.49. The molecule has 0 aliphatic heterocycles. The zero-order chi connectivity index (χ0) is 20.1. The number of fused-ring (bicyclic) bond motifs is 5. The number of rotatable bonds is 4. The molecule has 1 aliphatic carbocycles. The van der Waals surface area contributed by atoms with E-state index in [1.54, 1.807) is 13.2 Å². The Morgan fingerprint density at radius 2 is 1.71 bits per heavy atom. The van der Waals surface area contributed by atoms with Gasteiger partial charge in [-0.05, 0) is 58.3 Å². The molecule has 0 saturated heterocycles. The van der Waals surface area contributed by atoms with Crippen molar-refractivity contribution in [2.75, 3.05) is 7.11 Å². The number of methoxy groups -OCH3 is 1. The van der Waals surface area contributed by atoms with Gasteiger partial charge in [-0.1, -0.05) is 57.9 Å². The average molecular weight is 376 g/mol. The van der Waals surface area contributed by atoms with Gasteiger partial charge in [0, 0.05) is 10.8 Å². The van der Waals surface area contributed by atoms with E-state index in [-0.39, 0.29) is 5.75 Å². The maximum absolute atomic E-state index is 12.1. The molecule has 146 valence electrons. The first-order chi connectivity index (χ1) is 13.3. The van der Waals surface area contributed by atoms with Gasteiger partial charge < -0.3 is 14.9 Å². The number of aliphatic hydroxyl groups is 1. The van der Waals surface area contributed by atoms with Gasteiger partial charge in [0.05, 0.1) is 12.7 Å². The lowest BCUT2D eigenvalue weighted by molar-refractivity contribution is -0.0428. The Morgan fingerprint density at radius 3 is 2.43 bits per heavy atom. The Balaban J connectivity index is 2.13. The van der Waals surface area contributed by atoms with Crippen LogP contribution in [0.3, 0.4) is 0 Å². The van der Waals surface area contributed by atoms with E-state index in [1.807, 2.05) is 30.3 Å². The van der Waals surface area contributed by atoms with Crippen LogP contribution < -0.4 is 4.74 Å². The summed E-state index contributed by atoms with van der Waals surface area (Å²) in [5.74, 6) is 0.881. The van der Waals surface area contributed by atoms with Gasteiger partial charge in [0.2, 0.25) is 0 Å². The number of hydrogen-bond acceptors (Lipinski definition) is 3. The molecule has 1 unspecified atom stereocenters. The third kappa shape index (κ3) is 2.46. The number of ether oxygens (including phenoxy) is 1. The maximum Gasteiger partial charge on any atom is 0.123 e. The van der Waals surface area contributed by atoms with Gasteiger partial charge in [-0.15, -0.1) is 0 Å². The van der Waals surface area contributed by atoms with Gasteiger partial charge >= 0.3 is 0 Å². The number of phenolic OH excluding ortho intramolecular Hbond substituents is 1. The van der Waals surface area contributed by atoms with Crippen molar-refractivity contribution in [2.24, 2.45) is 0 Å². The van der Waals surface area contributed by atoms with Gasteiger partial charge in [-0.2, -0.15) is 0 Å². The van der Waals surface area contributed by atoms with Crippen molar-refractivity contribution in [3.05, 3.63) is 59.7 Å². The molecule has 0 radical (unpaired) electrons. The van der Waals surface area contributed by atoms with Crippen LogP contribution in [-0.2, 0) is 11.0 Å². The summed E-state index contributed by atoms with van der Waals surface area (Å²) in [5, 5.41) is 24.6. The van der Waals surface area contributed by atoms with E-state index in [0.29, 0.717) is 12.2 Å². The molecule has 0 saturated carbocycles. The van der Waals surface area contributed by atoms with Crippen molar-refractivity contribution in [1.29, 1.82) is 0 Å². The SMILES string of the molecule is CCCCC1(O)c2cc(O)c3cc(OC)ccc3c2-c2ccccc2C1(C)C. The molecule has 0 aromatic heterocycles. The second-order valence-corrected chi connectivity index (χ2v) is 8.36. The van der Waals surface area contributed by atoms with E-state index >= 15 is 0 Å². The molecule has 28 heavy (non-hydrogen) atoms. The van der Waals surface area contributed by atoms with Crippen LogP contribution in [0.5, 0.6) is 11.5 Å². The van der Waals surface area contributed by atoms with Crippen molar-refractivity contribution in [3.8, 4) is 22.6 Å². The number of unbranched alkanes of at least 4 members (excludes halogenated alkanes) is 1. The van der Waals surface area contributed by atoms with E-state index in [1.165, 1.54) is 0 Å². The minimum Gasteiger partial charge on any atom is -0.507 e. The van der Waals surface area contributed by atoms with Crippen molar-refractivity contribution in [1.82, 2.24) is 0 Å². The summed E-state index contributed by atoms with van der Waals surface area (Å²) in [6, 6.07) is 15.8. The number of benzene rings is 3. The van der Waals surface area contributed by atoms with Crippen molar-refractivity contribution in [3.63, 3.8) is 0 Å². The molecule has 3 heteroatoms. The predicted molar refractivity (Wildman–Crippen MR) is 114 cm³/mol. The predicted octanol–water partition coefficient (Wildman–Crippen LogP) is 5.89. The Kier molecular flexibility index (Phi) is 4.39. The molecular formula is C25H28O3. The molecule has 0 spiro atoms. The van der Waals surface area contributed by atoms with E-state index in [0.717, 1.165) is 45.9 Å². The highest BCUT2D eigenvalue weighted by atomic mass is 16.5. The highest BCUT2D eigenvalue weighted by Gasteiger charge is 2.51. The van der Waals surface area contributed by atoms with Crippen molar-refractivity contribution in [2.45, 2.75) is 51.0 Å². The zero-order valence-corrected chi connectivity index (χ0v) is 17.0. The smallest absolute Gasteiger partial charge is 0.123 e. The molecule has 0 bridgehead atoms. The highest BCUT2D eigenvalue weighted by Crippen LogP contribution is 2.57. The quantitative estimate of drug-likeness (QED) is 0.597. The first kappa shape index (κ1) is 18.8. The average Bonchev–Trinajstić information content (AvgIpc) is 2.70. The largest absolute Gasteiger partial charge is 0.507 e. The Labute approximate surface area is 166 Å². The molecule has 0 fully saturated rings. The fourth-order valence-corrected chi connectivity index (χ4v) is 4.81. The standard InChI is InChI=1S/C25H28O3/c1-5-6-13-25(27)21-15-22(26)19-14-16(28-4)11-12-17(19)23(21)18-9-7-8-10-20(18)24(25,2)3/h7-12,14-15,26-27H,5-6,13H2,1-4H3. The van der Waals surface area contributed by atoms with Gasteiger partial charge in [0.15, 0.2) is 0 Å². The second-order valence-electron chi connectivity index (χ2n) is 8.36. The molecule has 0 amide bonds. The Bertz CT molecular complexity index is 1050. The normalized spacial score (nSPS) is 19.9. The Morgan fingerprint density at radius 1 is 0.964 bits per heavy atom. The minimum atomic E-state index is -1.06. The van der Waals surface area contributed by atoms with Crippen LogP contribution in [-0.4, -0.2) is 17.3 Å². The summed E-state index contributed by atoms with van der Waals surface area (Å²) < 4.78 is 5.36. The summed E-state index contributed by atoms with van der Waals surface area (Å²) in [4.78, 5) is 0. The molecule has 4 rings (SSSR count). The highest BCUT2D eigenvalue weighted by molar-refractivity contribution is 6.04. The van der Waals surface area contributed by atoms with Crippen LogP contribution in [0.4, 0.5) is 0 Å². The number of aromatic hydroxyl groups is 1. The fourth-order valence-electron chi connectivity index (χ4n) is 4.81. The minimum absolute atomic E-state index is 0.178. The Hall–Kier alpha value is -2.52. The first-order valence-corrected chi connectivity index (χ1v) is 10.0. The van der Waals surface area contributed by atoms with E-state index in [4.69, 9.17) is 4.74 Å². The fraction of sp³-hybridized carbons (Fsp3) is 0.360. The summed E-state index contributed by atoms with van der Waals surface area (Å²) in [5.41, 5.74) is 2.57. The molecular weight excluding hydrogens is 348 g/mol. The second kappa shape index (κ2) is 6.52. The first-order valence-electron chi connectivity index (χ1n) is 10.0. The maximum atomic E-state index is 12.1. The van der Waals surface area contributed by atoms with Crippen LogP contribution in [0.15, 0.2) is 48.5 Å². The van der Waals surface area contributed by atoms with Crippen molar-refractivity contribution < 1.29 is 14.9 Å². The number of phenols is 1.